The van der Waals surface area contributed by atoms with Crippen LogP contribution in [-0.4, -0.2) is 36.0 Å². The van der Waals surface area contributed by atoms with Crippen LogP contribution >= 0.6 is 0 Å². The number of piperidine rings is 1. The monoisotopic (exact) mass is 208 g/mol. The highest BCUT2D eigenvalue weighted by Gasteiger charge is 2.19. The molecule has 0 bridgehead atoms. The molecule has 1 heterocycles. The second-order valence-electron chi connectivity index (χ2n) is 4.56. The molecule has 3 nitrogen and oxygen atoms in total. The van der Waals surface area contributed by atoms with Crippen molar-refractivity contribution in [3.8, 4) is 12.3 Å². The molecule has 3 heteroatoms. The minimum Gasteiger partial charge on any atom is -0.342 e. The molecule has 0 aromatic rings. The number of amides is 1. The van der Waals surface area contributed by atoms with Crippen LogP contribution in [-0.2, 0) is 4.79 Å². The Labute approximate surface area is 92.2 Å². The summed E-state index contributed by atoms with van der Waals surface area (Å²) in [5, 5.41) is 3.08. The quantitative estimate of drug-likeness (QED) is 0.702. The first-order valence-electron chi connectivity index (χ1n) is 5.56. The predicted octanol–water partition coefficient (Wildman–Crippen LogP) is 1.00. The van der Waals surface area contributed by atoms with E-state index in [0.717, 1.165) is 25.9 Å². The van der Waals surface area contributed by atoms with Crippen LogP contribution in [0.25, 0.3) is 0 Å². The van der Waals surface area contributed by atoms with Crippen LogP contribution in [0.15, 0.2) is 0 Å². The van der Waals surface area contributed by atoms with E-state index >= 15 is 0 Å². The van der Waals surface area contributed by atoms with E-state index < -0.39 is 5.54 Å². The number of carbonyl (C=O) groups is 1. The molecule has 0 spiro atoms. The number of rotatable bonds is 3. The minimum absolute atomic E-state index is 0.165. The standard InChI is InChI=1S/C12H20N2O/c1-4-12(2,3)13-10-11(15)14-8-6-5-7-9-14/h1,13H,5-10H2,2-3H3. The van der Waals surface area contributed by atoms with E-state index in [-0.39, 0.29) is 5.91 Å². The van der Waals surface area contributed by atoms with Crippen LogP contribution in [0.3, 0.4) is 0 Å². The lowest BCUT2D eigenvalue weighted by atomic mass is 10.1. The molecule has 1 fully saturated rings. The lowest BCUT2D eigenvalue weighted by Crippen LogP contribution is -2.47. The first-order valence-corrected chi connectivity index (χ1v) is 5.56. The highest BCUT2D eigenvalue weighted by Crippen LogP contribution is 2.08. The molecule has 0 radical (unpaired) electrons. The van der Waals surface area contributed by atoms with Crippen LogP contribution < -0.4 is 5.32 Å². The molecule has 84 valence electrons. The molecule has 1 saturated heterocycles. The smallest absolute Gasteiger partial charge is 0.236 e. The number of likely N-dealkylation sites (tertiary alicyclic amines) is 1. The van der Waals surface area contributed by atoms with Crippen molar-refractivity contribution in [2.45, 2.75) is 38.6 Å². The van der Waals surface area contributed by atoms with Crippen molar-refractivity contribution < 1.29 is 4.79 Å². The maximum atomic E-state index is 11.8. The van der Waals surface area contributed by atoms with Crippen LogP contribution in [0.4, 0.5) is 0 Å². The lowest BCUT2D eigenvalue weighted by Gasteiger charge is -2.28. The molecule has 0 aromatic carbocycles. The molecule has 1 rings (SSSR count). The lowest BCUT2D eigenvalue weighted by molar-refractivity contribution is -0.131. The summed E-state index contributed by atoms with van der Waals surface area (Å²) in [6.07, 6.45) is 8.84. The maximum absolute atomic E-state index is 11.8. The number of carbonyl (C=O) groups excluding carboxylic acids is 1. The van der Waals surface area contributed by atoms with Gasteiger partial charge in [-0.2, -0.15) is 0 Å². The third-order valence-corrected chi connectivity index (χ3v) is 2.75. The summed E-state index contributed by atoms with van der Waals surface area (Å²) in [6.45, 7) is 5.94. The highest BCUT2D eigenvalue weighted by atomic mass is 16.2. The number of terminal acetylenes is 1. The summed E-state index contributed by atoms with van der Waals surface area (Å²) < 4.78 is 0. The van der Waals surface area contributed by atoms with Gasteiger partial charge < -0.3 is 4.90 Å². The van der Waals surface area contributed by atoms with Gasteiger partial charge >= 0.3 is 0 Å². The van der Waals surface area contributed by atoms with Crippen molar-refractivity contribution in [3.63, 3.8) is 0 Å². The molecule has 1 N–H and O–H groups in total. The first kappa shape index (κ1) is 12.1. The van der Waals surface area contributed by atoms with Crippen LogP contribution in [0.2, 0.25) is 0 Å². The van der Waals surface area contributed by atoms with E-state index in [4.69, 9.17) is 6.42 Å². The zero-order chi connectivity index (χ0) is 11.3. The van der Waals surface area contributed by atoms with Gasteiger partial charge in [0, 0.05) is 13.1 Å². The average Bonchev–Trinajstić information content (AvgIpc) is 2.27. The van der Waals surface area contributed by atoms with E-state index in [0.29, 0.717) is 6.54 Å². The van der Waals surface area contributed by atoms with E-state index in [1.54, 1.807) is 0 Å². The predicted molar refractivity (Wildman–Crippen MR) is 61.3 cm³/mol. The topological polar surface area (TPSA) is 32.3 Å². The van der Waals surface area contributed by atoms with Crippen molar-refractivity contribution in [3.05, 3.63) is 0 Å². The van der Waals surface area contributed by atoms with Gasteiger partial charge in [-0.15, -0.1) is 6.42 Å². The van der Waals surface area contributed by atoms with Crippen molar-refractivity contribution in [1.29, 1.82) is 0 Å². The molecule has 0 saturated carbocycles. The number of hydrogen-bond donors (Lipinski definition) is 1. The van der Waals surface area contributed by atoms with E-state index in [2.05, 4.69) is 11.2 Å². The molecular weight excluding hydrogens is 188 g/mol. The molecular formula is C12H20N2O. The fraction of sp³-hybridized carbons (Fsp3) is 0.750. The van der Waals surface area contributed by atoms with Crippen LogP contribution in [0.1, 0.15) is 33.1 Å². The normalized spacial score (nSPS) is 17.3. The van der Waals surface area contributed by atoms with Crippen molar-refractivity contribution in [1.82, 2.24) is 10.2 Å². The zero-order valence-electron chi connectivity index (χ0n) is 9.68. The average molecular weight is 208 g/mol. The largest absolute Gasteiger partial charge is 0.342 e. The Morgan fingerprint density at radius 1 is 1.40 bits per heavy atom. The van der Waals surface area contributed by atoms with Gasteiger partial charge in [0.05, 0.1) is 12.1 Å². The van der Waals surface area contributed by atoms with E-state index in [9.17, 15) is 4.79 Å². The van der Waals surface area contributed by atoms with E-state index in [1.807, 2.05) is 18.7 Å². The summed E-state index contributed by atoms with van der Waals surface area (Å²) in [6, 6.07) is 0. The molecule has 0 aliphatic carbocycles. The van der Waals surface area contributed by atoms with Gasteiger partial charge in [-0.1, -0.05) is 5.92 Å². The molecule has 0 atom stereocenters. The summed E-state index contributed by atoms with van der Waals surface area (Å²) in [5.41, 5.74) is -0.397. The zero-order valence-corrected chi connectivity index (χ0v) is 9.68. The van der Waals surface area contributed by atoms with Crippen molar-refractivity contribution in [2.24, 2.45) is 0 Å². The summed E-state index contributed by atoms with van der Waals surface area (Å²) >= 11 is 0. The maximum Gasteiger partial charge on any atom is 0.236 e. The Hall–Kier alpha value is -1.01. The second-order valence-corrected chi connectivity index (χ2v) is 4.56. The van der Waals surface area contributed by atoms with Gasteiger partial charge in [-0.05, 0) is 33.1 Å². The van der Waals surface area contributed by atoms with Gasteiger partial charge in [0.1, 0.15) is 0 Å². The number of nitrogens with zero attached hydrogens (tertiary/aromatic N) is 1. The highest BCUT2D eigenvalue weighted by molar-refractivity contribution is 5.78. The molecule has 15 heavy (non-hydrogen) atoms. The van der Waals surface area contributed by atoms with Crippen LogP contribution in [0, 0.1) is 12.3 Å². The number of hydrogen-bond acceptors (Lipinski definition) is 2. The molecule has 1 aliphatic heterocycles. The fourth-order valence-corrected chi connectivity index (χ4v) is 1.60. The Kier molecular flexibility index (Phi) is 4.16. The van der Waals surface area contributed by atoms with Crippen molar-refractivity contribution >= 4 is 5.91 Å². The summed E-state index contributed by atoms with van der Waals surface area (Å²) in [7, 11) is 0. The third-order valence-electron chi connectivity index (χ3n) is 2.75. The van der Waals surface area contributed by atoms with Gasteiger partial charge in [0.25, 0.3) is 0 Å². The Balaban J connectivity index is 2.32. The van der Waals surface area contributed by atoms with Gasteiger partial charge in [0.2, 0.25) is 5.91 Å². The first-order chi connectivity index (χ1) is 7.05. The van der Waals surface area contributed by atoms with E-state index in [1.165, 1.54) is 6.42 Å². The van der Waals surface area contributed by atoms with Gasteiger partial charge in [-0.25, -0.2) is 0 Å². The second kappa shape index (κ2) is 5.18. The van der Waals surface area contributed by atoms with Crippen LogP contribution in [0.5, 0.6) is 0 Å². The Bertz CT molecular complexity index is 259. The molecule has 0 unspecified atom stereocenters. The van der Waals surface area contributed by atoms with Gasteiger partial charge in [0.15, 0.2) is 0 Å². The summed E-state index contributed by atoms with van der Waals surface area (Å²) in [4.78, 5) is 13.7. The SMILES string of the molecule is C#CC(C)(C)NCC(=O)N1CCCCC1. The fourth-order valence-electron chi connectivity index (χ4n) is 1.60. The summed E-state index contributed by atoms with van der Waals surface area (Å²) in [5.74, 6) is 2.78. The molecule has 0 aromatic heterocycles. The van der Waals surface area contributed by atoms with Gasteiger partial charge in [-0.3, -0.25) is 10.1 Å². The Morgan fingerprint density at radius 3 is 2.53 bits per heavy atom. The third kappa shape index (κ3) is 3.93. The number of nitrogens with one attached hydrogen (secondary N) is 1. The van der Waals surface area contributed by atoms with Crippen molar-refractivity contribution in [2.75, 3.05) is 19.6 Å². The molecule has 1 amide bonds. The molecule has 1 aliphatic rings. The Morgan fingerprint density at radius 2 is 2.00 bits per heavy atom. The minimum atomic E-state index is -0.397.